The second kappa shape index (κ2) is 6.76. The topological polar surface area (TPSA) is 55.4 Å². The lowest BCUT2D eigenvalue weighted by molar-refractivity contribution is -0.142. The number of esters is 1. The van der Waals surface area contributed by atoms with E-state index in [1.165, 1.54) is 24.3 Å². The lowest BCUT2D eigenvalue weighted by Crippen LogP contribution is -2.20. The first-order chi connectivity index (χ1) is 8.52. The Morgan fingerprint density at radius 2 is 2.22 bits per heavy atom. The number of benzene rings is 1. The third-order valence-corrected chi connectivity index (χ3v) is 2.09. The molecule has 0 bridgehead atoms. The van der Waals surface area contributed by atoms with E-state index in [-0.39, 0.29) is 10.7 Å². The van der Waals surface area contributed by atoms with Crippen LogP contribution < -0.4 is 5.32 Å². The van der Waals surface area contributed by atoms with E-state index in [2.05, 4.69) is 10.1 Å². The van der Waals surface area contributed by atoms with Gasteiger partial charge in [0.15, 0.2) is 6.61 Å². The zero-order chi connectivity index (χ0) is 13.5. The van der Waals surface area contributed by atoms with Crippen LogP contribution in [0.2, 0.25) is 5.02 Å². The van der Waals surface area contributed by atoms with Gasteiger partial charge in [0, 0.05) is 11.1 Å². The maximum atomic E-state index is 13.3. The Morgan fingerprint density at radius 1 is 1.50 bits per heavy atom. The van der Waals surface area contributed by atoms with Crippen LogP contribution in [0.5, 0.6) is 0 Å². The molecule has 18 heavy (non-hydrogen) atoms. The minimum atomic E-state index is -0.657. The Labute approximate surface area is 108 Å². The fraction of sp³-hybridized carbons (Fsp3) is 0.167. The molecular formula is C12H11ClFNO3. The van der Waals surface area contributed by atoms with Crippen molar-refractivity contribution < 1.29 is 18.7 Å². The number of halogens is 2. The Morgan fingerprint density at radius 3 is 2.83 bits per heavy atom. The summed E-state index contributed by atoms with van der Waals surface area (Å²) in [7, 11) is 0. The third-order valence-electron chi connectivity index (χ3n) is 1.85. The van der Waals surface area contributed by atoms with Gasteiger partial charge in [-0.15, -0.1) is 0 Å². The van der Waals surface area contributed by atoms with Crippen LogP contribution in [0.1, 0.15) is 6.92 Å². The number of allylic oxidation sites excluding steroid dienone is 1. The molecule has 0 aliphatic rings. The SMILES string of the molecule is C/C=C/C(=O)OCC(=O)Nc1ccc(Cl)cc1F. The summed E-state index contributed by atoms with van der Waals surface area (Å²) in [6, 6.07) is 3.83. The van der Waals surface area contributed by atoms with E-state index in [1.807, 2.05) is 0 Å². The van der Waals surface area contributed by atoms with Gasteiger partial charge in [0.05, 0.1) is 5.69 Å². The zero-order valence-electron chi connectivity index (χ0n) is 9.57. The van der Waals surface area contributed by atoms with Gasteiger partial charge in [0.1, 0.15) is 5.82 Å². The summed E-state index contributed by atoms with van der Waals surface area (Å²) in [6.45, 7) is 1.16. The second-order valence-electron chi connectivity index (χ2n) is 3.28. The van der Waals surface area contributed by atoms with E-state index < -0.39 is 24.3 Å². The molecule has 0 radical (unpaired) electrons. The van der Waals surface area contributed by atoms with Gasteiger partial charge in [-0.05, 0) is 25.1 Å². The molecule has 96 valence electrons. The highest BCUT2D eigenvalue weighted by Crippen LogP contribution is 2.18. The number of carbonyl (C=O) groups is 2. The van der Waals surface area contributed by atoms with Crippen LogP contribution in [-0.4, -0.2) is 18.5 Å². The summed E-state index contributed by atoms with van der Waals surface area (Å²) in [6.07, 6.45) is 2.66. The average Bonchev–Trinajstić information content (AvgIpc) is 2.31. The van der Waals surface area contributed by atoms with Gasteiger partial charge in [-0.2, -0.15) is 0 Å². The molecule has 0 fully saturated rings. The second-order valence-corrected chi connectivity index (χ2v) is 3.72. The molecule has 0 heterocycles. The van der Waals surface area contributed by atoms with Gasteiger partial charge >= 0.3 is 5.97 Å². The first kappa shape index (κ1) is 14.2. The highest BCUT2D eigenvalue weighted by Gasteiger charge is 2.09. The van der Waals surface area contributed by atoms with Crippen molar-refractivity contribution in [2.24, 2.45) is 0 Å². The van der Waals surface area contributed by atoms with E-state index in [4.69, 9.17) is 11.6 Å². The highest BCUT2D eigenvalue weighted by atomic mass is 35.5. The first-order valence-electron chi connectivity index (χ1n) is 5.07. The number of anilines is 1. The fourth-order valence-electron chi connectivity index (χ4n) is 1.10. The van der Waals surface area contributed by atoms with Crippen molar-refractivity contribution in [2.45, 2.75) is 6.92 Å². The largest absolute Gasteiger partial charge is 0.452 e. The lowest BCUT2D eigenvalue weighted by atomic mass is 10.3. The van der Waals surface area contributed by atoms with Crippen LogP contribution in [0.15, 0.2) is 30.4 Å². The minimum absolute atomic E-state index is 0.0218. The molecule has 1 aromatic rings. The van der Waals surface area contributed by atoms with Crippen LogP contribution >= 0.6 is 11.6 Å². The molecule has 0 aromatic heterocycles. The lowest BCUT2D eigenvalue weighted by Gasteiger charge is -2.06. The van der Waals surface area contributed by atoms with Gasteiger partial charge in [-0.25, -0.2) is 9.18 Å². The first-order valence-corrected chi connectivity index (χ1v) is 5.45. The molecule has 1 amide bonds. The number of hydrogen-bond acceptors (Lipinski definition) is 3. The van der Waals surface area contributed by atoms with Crippen molar-refractivity contribution in [3.8, 4) is 0 Å². The molecule has 6 heteroatoms. The molecule has 0 unspecified atom stereocenters. The summed E-state index contributed by atoms with van der Waals surface area (Å²) >= 11 is 5.56. The smallest absolute Gasteiger partial charge is 0.330 e. The molecule has 4 nitrogen and oxygen atoms in total. The maximum absolute atomic E-state index is 13.3. The Hall–Kier alpha value is -1.88. The number of rotatable bonds is 4. The van der Waals surface area contributed by atoms with E-state index in [0.717, 1.165) is 6.07 Å². The van der Waals surface area contributed by atoms with Gasteiger partial charge in [-0.1, -0.05) is 17.7 Å². The minimum Gasteiger partial charge on any atom is -0.452 e. The molecule has 1 rings (SSSR count). The molecule has 0 aliphatic heterocycles. The molecule has 0 saturated heterocycles. The van der Waals surface area contributed by atoms with E-state index in [9.17, 15) is 14.0 Å². The van der Waals surface area contributed by atoms with Crippen molar-refractivity contribution in [2.75, 3.05) is 11.9 Å². The van der Waals surface area contributed by atoms with E-state index >= 15 is 0 Å². The standard InChI is InChI=1S/C12H11ClFNO3/c1-2-3-12(17)18-7-11(16)15-10-5-4-8(13)6-9(10)14/h2-6H,7H2,1H3,(H,15,16)/b3-2+. The molecular weight excluding hydrogens is 261 g/mol. The van der Waals surface area contributed by atoms with Crippen LogP contribution in [0.4, 0.5) is 10.1 Å². The maximum Gasteiger partial charge on any atom is 0.330 e. The summed E-state index contributed by atoms with van der Waals surface area (Å²) in [5.74, 6) is -1.92. The van der Waals surface area contributed by atoms with Crippen molar-refractivity contribution >= 4 is 29.2 Å². The Bertz CT molecular complexity index is 488. The van der Waals surface area contributed by atoms with Crippen LogP contribution in [0.25, 0.3) is 0 Å². The van der Waals surface area contributed by atoms with E-state index in [0.29, 0.717) is 0 Å². The number of amides is 1. The monoisotopic (exact) mass is 271 g/mol. The van der Waals surface area contributed by atoms with Gasteiger partial charge < -0.3 is 10.1 Å². The Kier molecular flexibility index (Phi) is 5.32. The molecule has 0 aliphatic carbocycles. The molecule has 0 spiro atoms. The van der Waals surface area contributed by atoms with Gasteiger partial charge in [0.25, 0.3) is 5.91 Å². The predicted octanol–water partition coefficient (Wildman–Crippen LogP) is 2.54. The summed E-state index contributed by atoms with van der Waals surface area (Å²) in [5.41, 5.74) is -0.0218. The predicted molar refractivity (Wildman–Crippen MR) is 65.8 cm³/mol. The Balaban J connectivity index is 2.52. The normalized spacial score (nSPS) is 10.4. The quantitative estimate of drug-likeness (QED) is 0.676. The van der Waals surface area contributed by atoms with E-state index in [1.54, 1.807) is 6.92 Å². The zero-order valence-corrected chi connectivity index (χ0v) is 10.3. The molecule has 1 N–H and O–H groups in total. The fourth-order valence-corrected chi connectivity index (χ4v) is 1.26. The molecule has 0 atom stereocenters. The van der Waals surface area contributed by atoms with Crippen molar-refractivity contribution in [1.82, 2.24) is 0 Å². The van der Waals surface area contributed by atoms with Crippen molar-refractivity contribution in [1.29, 1.82) is 0 Å². The number of carbonyl (C=O) groups excluding carboxylic acids is 2. The van der Waals surface area contributed by atoms with Gasteiger partial charge in [-0.3, -0.25) is 4.79 Å². The third kappa shape index (κ3) is 4.55. The number of nitrogens with one attached hydrogen (secondary N) is 1. The van der Waals surface area contributed by atoms with Crippen LogP contribution in [0, 0.1) is 5.82 Å². The molecule has 1 aromatic carbocycles. The molecule has 0 saturated carbocycles. The number of ether oxygens (including phenoxy) is 1. The summed E-state index contributed by atoms with van der Waals surface area (Å²) in [4.78, 5) is 22.3. The van der Waals surface area contributed by atoms with Crippen LogP contribution in [-0.2, 0) is 14.3 Å². The number of hydrogen-bond donors (Lipinski definition) is 1. The van der Waals surface area contributed by atoms with Gasteiger partial charge in [0.2, 0.25) is 0 Å². The van der Waals surface area contributed by atoms with Crippen molar-refractivity contribution in [3.63, 3.8) is 0 Å². The summed E-state index contributed by atoms with van der Waals surface area (Å²) in [5, 5.41) is 2.49. The van der Waals surface area contributed by atoms with Crippen LogP contribution in [0.3, 0.4) is 0 Å². The van der Waals surface area contributed by atoms with Crippen molar-refractivity contribution in [3.05, 3.63) is 41.2 Å². The highest BCUT2D eigenvalue weighted by molar-refractivity contribution is 6.30. The average molecular weight is 272 g/mol. The summed E-state index contributed by atoms with van der Waals surface area (Å²) < 4.78 is 17.9.